The molecule has 7 nitrogen and oxygen atoms in total. The molecule has 1 aromatic carbocycles. The number of allylic oxidation sites excluding steroid dienone is 1. The number of carbonyl (C=O) groups is 2. The lowest BCUT2D eigenvalue weighted by Crippen LogP contribution is -2.13. The molecule has 0 bridgehead atoms. The van der Waals surface area contributed by atoms with Crippen molar-refractivity contribution in [3.05, 3.63) is 60.4 Å². The van der Waals surface area contributed by atoms with Crippen LogP contribution in [0.4, 0.5) is 20.7 Å². The number of hydrogen-bond acceptors (Lipinski definition) is 5. The Bertz CT molecular complexity index is 1170. The molecule has 0 unspecified atom stereocenters. The van der Waals surface area contributed by atoms with E-state index in [2.05, 4.69) is 27.2 Å². The molecular formula is C22H25FN4O3. The molecule has 3 aromatic rings. The average Bonchev–Trinajstić information content (AvgIpc) is 2.67. The Hall–Kier alpha value is -3.81. The molecule has 2 N–H and O–H groups in total. The van der Waals surface area contributed by atoms with Crippen molar-refractivity contribution < 1.29 is 21.6 Å². The normalized spacial score (nSPS) is 10.5. The third-order valence-corrected chi connectivity index (χ3v) is 4.20. The Morgan fingerprint density at radius 3 is 2.63 bits per heavy atom. The van der Waals surface area contributed by atoms with Crippen molar-refractivity contribution in [1.82, 2.24) is 9.97 Å². The van der Waals surface area contributed by atoms with Gasteiger partial charge in [0.2, 0.25) is 5.91 Å². The molecule has 0 radical (unpaired) electrons. The molecule has 0 atom stereocenters. The standard InChI is InChI=1S/C22H21FN4O3.2H2/c1-5-18-16(8-15-11-24-21(25-13(4)28)10-19(15)26-18)14-6-7-17(23)20(9-14)27-22(29)30-12(2)3;;/h6-11H,2,5H2,1,3-4H3,(H,27,29)(H,24,25,28);2*1H. The molecule has 0 saturated carbocycles. The lowest BCUT2D eigenvalue weighted by atomic mass is 10.00. The van der Waals surface area contributed by atoms with E-state index < -0.39 is 11.9 Å². The van der Waals surface area contributed by atoms with Gasteiger partial charge in [0.25, 0.3) is 0 Å². The maximum Gasteiger partial charge on any atom is 0.416 e. The fourth-order valence-corrected chi connectivity index (χ4v) is 2.96. The zero-order chi connectivity index (χ0) is 21.8. The number of nitrogens with one attached hydrogen (secondary N) is 2. The van der Waals surface area contributed by atoms with Gasteiger partial charge in [-0.3, -0.25) is 15.1 Å². The van der Waals surface area contributed by atoms with E-state index >= 15 is 0 Å². The first-order valence-electron chi connectivity index (χ1n) is 9.28. The zero-order valence-electron chi connectivity index (χ0n) is 16.9. The Morgan fingerprint density at radius 1 is 1.20 bits per heavy atom. The van der Waals surface area contributed by atoms with Crippen LogP contribution in [-0.4, -0.2) is 22.0 Å². The first kappa shape index (κ1) is 20.9. The molecule has 30 heavy (non-hydrogen) atoms. The molecule has 2 aromatic heterocycles. The lowest BCUT2D eigenvalue weighted by Gasteiger charge is -2.13. The zero-order valence-corrected chi connectivity index (χ0v) is 16.9. The highest BCUT2D eigenvalue weighted by Crippen LogP contribution is 2.30. The fourth-order valence-electron chi connectivity index (χ4n) is 2.96. The van der Waals surface area contributed by atoms with E-state index in [1.807, 2.05) is 13.0 Å². The van der Waals surface area contributed by atoms with Crippen molar-refractivity contribution in [2.75, 3.05) is 10.6 Å². The number of benzene rings is 1. The first-order chi connectivity index (χ1) is 14.3. The number of rotatable bonds is 5. The topological polar surface area (TPSA) is 93.2 Å². The van der Waals surface area contributed by atoms with E-state index in [4.69, 9.17) is 4.74 Å². The molecule has 0 saturated heterocycles. The second-order valence-electron chi connectivity index (χ2n) is 6.69. The summed E-state index contributed by atoms with van der Waals surface area (Å²) >= 11 is 0. The van der Waals surface area contributed by atoms with Crippen molar-refractivity contribution in [2.24, 2.45) is 0 Å². The van der Waals surface area contributed by atoms with Crippen LogP contribution in [-0.2, 0) is 16.0 Å². The van der Waals surface area contributed by atoms with Gasteiger partial charge < -0.3 is 10.1 Å². The van der Waals surface area contributed by atoms with Crippen LogP contribution in [0.2, 0.25) is 0 Å². The number of hydrogen-bond donors (Lipinski definition) is 2. The molecule has 2 amide bonds. The summed E-state index contributed by atoms with van der Waals surface area (Å²) in [5.74, 6) is -0.194. The summed E-state index contributed by atoms with van der Waals surface area (Å²) in [6.07, 6.45) is 1.42. The van der Waals surface area contributed by atoms with Crippen molar-refractivity contribution in [3.63, 3.8) is 0 Å². The van der Waals surface area contributed by atoms with Gasteiger partial charge >= 0.3 is 6.09 Å². The van der Waals surface area contributed by atoms with Gasteiger partial charge in [-0.05, 0) is 37.1 Å². The second kappa shape index (κ2) is 8.69. The van der Waals surface area contributed by atoms with Crippen LogP contribution in [0.1, 0.15) is 29.3 Å². The van der Waals surface area contributed by atoms with E-state index in [-0.39, 0.29) is 20.2 Å². The Balaban J connectivity index is 0.00000256. The molecule has 8 heteroatoms. The fraction of sp³-hybridized carbons (Fsp3) is 0.182. The SMILES string of the molecule is C=C(C)OC(=O)Nc1cc(-c2cc3cnc(NC(C)=O)cc3nc2CC)ccc1F.[HH].[HH]. The molecule has 0 fully saturated rings. The summed E-state index contributed by atoms with van der Waals surface area (Å²) in [7, 11) is 0. The van der Waals surface area contributed by atoms with Gasteiger partial charge in [-0.25, -0.2) is 14.2 Å². The second-order valence-corrected chi connectivity index (χ2v) is 6.69. The number of aromatic nitrogens is 2. The van der Waals surface area contributed by atoms with Crippen molar-refractivity contribution in [3.8, 4) is 11.1 Å². The molecule has 3 rings (SSSR count). The number of halogens is 1. The van der Waals surface area contributed by atoms with Crippen LogP contribution in [0.5, 0.6) is 0 Å². The largest absolute Gasteiger partial charge is 0.416 e. The third kappa shape index (κ3) is 4.78. The first-order valence-corrected chi connectivity index (χ1v) is 9.28. The summed E-state index contributed by atoms with van der Waals surface area (Å²) in [6.45, 7) is 8.37. The quantitative estimate of drug-likeness (QED) is 0.537. The maximum absolute atomic E-state index is 14.2. The molecule has 0 spiro atoms. The van der Waals surface area contributed by atoms with Crippen LogP contribution in [0, 0.1) is 5.82 Å². The van der Waals surface area contributed by atoms with E-state index in [1.54, 1.807) is 18.3 Å². The smallest absolute Gasteiger partial charge is 0.416 e. The summed E-state index contributed by atoms with van der Waals surface area (Å²) < 4.78 is 19.0. The van der Waals surface area contributed by atoms with Gasteiger partial charge in [-0.15, -0.1) is 0 Å². The van der Waals surface area contributed by atoms with Crippen LogP contribution < -0.4 is 10.6 Å². The van der Waals surface area contributed by atoms with Gasteiger partial charge in [-0.1, -0.05) is 19.6 Å². The predicted octanol–water partition coefficient (Wildman–Crippen LogP) is 5.53. The van der Waals surface area contributed by atoms with E-state index in [9.17, 15) is 14.0 Å². The van der Waals surface area contributed by atoms with Gasteiger partial charge in [-0.2, -0.15) is 0 Å². The number of fused-ring (bicyclic) bond motifs is 1. The monoisotopic (exact) mass is 412 g/mol. The Kier molecular flexibility index (Phi) is 6.06. The third-order valence-electron chi connectivity index (χ3n) is 4.20. The minimum Gasteiger partial charge on any atom is -0.416 e. The highest BCUT2D eigenvalue weighted by Gasteiger charge is 2.14. The Morgan fingerprint density at radius 2 is 1.97 bits per heavy atom. The van der Waals surface area contributed by atoms with Gasteiger partial charge in [0.1, 0.15) is 11.6 Å². The van der Waals surface area contributed by atoms with Crippen LogP contribution >= 0.6 is 0 Å². The number of carbonyl (C=O) groups excluding carboxylic acids is 2. The molecule has 0 aliphatic heterocycles. The summed E-state index contributed by atoms with van der Waals surface area (Å²) in [6, 6.07) is 8.01. The number of pyridine rings is 2. The Labute approximate surface area is 176 Å². The number of anilines is 2. The summed E-state index contributed by atoms with van der Waals surface area (Å²) in [4.78, 5) is 32.0. The van der Waals surface area contributed by atoms with Crippen molar-refractivity contribution in [2.45, 2.75) is 27.2 Å². The summed E-state index contributed by atoms with van der Waals surface area (Å²) in [5, 5.41) is 5.78. The molecular weight excluding hydrogens is 387 g/mol. The number of aryl methyl sites for hydroxylation is 1. The maximum atomic E-state index is 14.2. The predicted molar refractivity (Wildman–Crippen MR) is 118 cm³/mol. The van der Waals surface area contributed by atoms with Crippen LogP contribution in [0.3, 0.4) is 0 Å². The van der Waals surface area contributed by atoms with Crippen molar-refractivity contribution in [1.29, 1.82) is 0 Å². The summed E-state index contributed by atoms with van der Waals surface area (Å²) in [5.41, 5.74) is 2.92. The highest BCUT2D eigenvalue weighted by molar-refractivity contribution is 5.92. The molecule has 0 aliphatic carbocycles. The number of nitrogens with zero attached hydrogens (tertiary/aromatic N) is 2. The van der Waals surface area contributed by atoms with E-state index in [0.29, 0.717) is 23.3 Å². The van der Waals surface area contributed by atoms with Crippen molar-refractivity contribution >= 4 is 34.4 Å². The van der Waals surface area contributed by atoms with Crippen LogP contribution in [0.25, 0.3) is 22.0 Å². The minimum absolute atomic E-state index is 0. The number of amides is 2. The van der Waals surface area contributed by atoms with Gasteiger partial charge in [0.05, 0.1) is 17.0 Å². The van der Waals surface area contributed by atoms with E-state index in [0.717, 1.165) is 16.6 Å². The van der Waals surface area contributed by atoms with Crippen LogP contribution in [0.15, 0.2) is 48.9 Å². The minimum atomic E-state index is -0.819. The average molecular weight is 412 g/mol. The molecule has 2 heterocycles. The van der Waals surface area contributed by atoms with Gasteiger partial charge in [0.15, 0.2) is 0 Å². The molecule has 158 valence electrons. The van der Waals surface area contributed by atoms with Gasteiger partial charge in [0, 0.05) is 38.7 Å². The molecule has 0 aliphatic rings. The lowest BCUT2D eigenvalue weighted by molar-refractivity contribution is -0.114. The van der Waals surface area contributed by atoms with E-state index in [1.165, 1.54) is 26.0 Å². The highest BCUT2D eigenvalue weighted by atomic mass is 19.1. The number of ether oxygens (including phenoxy) is 1.